The largest absolute Gasteiger partial charge is 0.394 e. The summed E-state index contributed by atoms with van der Waals surface area (Å²) in [5.74, 6) is 0. The lowest BCUT2D eigenvalue weighted by Gasteiger charge is -2.14. The minimum atomic E-state index is -2.08. The molecule has 0 spiro atoms. The van der Waals surface area contributed by atoms with Crippen LogP contribution in [0.15, 0.2) is 21.9 Å². The highest BCUT2D eigenvalue weighted by Crippen LogP contribution is 2.27. The first kappa shape index (κ1) is 14.6. The van der Waals surface area contributed by atoms with E-state index in [4.69, 9.17) is 9.84 Å². The van der Waals surface area contributed by atoms with Crippen molar-refractivity contribution in [1.82, 2.24) is 9.55 Å². The third-order valence-corrected chi connectivity index (χ3v) is 2.95. The summed E-state index contributed by atoms with van der Waals surface area (Å²) in [5, 5.41) is 18.5. The molecule has 9 heteroatoms. The van der Waals surface area contributed by atoms with Gasteiger partial charge >= 0.3 is 5.69 Å². The third-order valence-electron chi connectivity index (χ3n) is 2.95. The van der Waals surface area contributed by atoms with E-state index in [0.717, 1.165) is 10.8 Å². The molecule has 1 aliphatic heterocycles. The zero-order valence-electron chi connectivity index (χ0n) is 10.1. The summed E-state index contributed by atoms with van der Waals surface area (Å²) in [5.41, 5.74) is -2.20. The second kappa shape index (κ2) is 5.65. The Labute approximate surface area is 110 Å². The number of aliphatic hydroxyl groups excluding tert-OH is 2. The van der Waals surface area contributed by atoms with Gasteiger partial charge in [-0.05, 0) is 0 Å². The quantitative estimate of drug-likeness (QED) is 0.690. The summed E-state index contributed by atoms with van der Waals surface area (Å²) in [4.78, 5) is 24.9. The van der Waals surface area contributed by atoms with Crippen molar-refractivity contribution < 1.29 is 23.7 Å². The molecule has 1 aromatic rings. The van der Waals surface area contributed by atoms with Crippen LogP contribution in [0.1, 0.15) is 18.2 Å². The maximum Gasteiger partial charge on any atom is 0.330 e. The summed E-state index contributed by atoms with van der Waals surface area (Å²) in [6, 6.07) is 0. The average Bonchev–Trinajstić information content (AvgIpc) is 2.73. The molecular weight excluding hydrogens is 278 g/mol. The van der Waals surface area contributed by atoms with E-state index in [9.17, 15) is 23.5 Å². The Balaban J connectivity index is 2.40. The number of nitrogens with one attached hydrogen (secondary N) is 1. The van der Waals surface area contributed by atoms with Gasteiger partial charge in [-0.25, -0.2) is 4.79 Å². The predicted molar refractivity (Wildman–Crippen MR) is 63.1 cm³/mol. The van der Waals surface area contributed by atoms with Crippen LogP contribution >= 0.6 is 0 Å². The van der Waals surface area contributed by atoms with Crippen LogP contribution in [0.4, 0.5) is 8.78 Å². The molecule has 1 aliphatic rings. The maximum absolute atomic E-state index is 12.2. The molecule has 2 heterocycles. The van der Waals surface area contributed by atoms with Crippen LogP contribution in [0.25, 0.3) is 6.08 Å². The average molecular weight is 290 g/mol. The molecule has 0 aliphatic carbocycles. The monoisotopic (exact) mass is 290 g/mol. The van der Waals surface area contributed by atoms with Crippen molar-refractivity contribution in [2.75, 3.05) is 6.61 Å². The topological polar surface area (TPSA) is 105 Å². The highest BCUT2D eigenvalue weighted by atomic mass is 19.3. The van der Waals surface area contributed by atoms with Crippen molar-refractivity contribution in [3.63, 3.8) is 0 Å². The molecule has 0 saturated carbocycles. The van der Waals surface area contributed by atoms with Crippen molar-refractivity contribution in [2.45, 2.75) is 24.9 Å². The van der Waals surface area contributed by atoms with Crippen molar-refractivity contribution in [1.29, 1.82) is 0 Å². The van der Waals surface area contributed by atoms with Gasteiger partial charge in [0.1, 0.15) is 12.3 Å². The van der Waals surface area contributed by atoms with E-state index in [0.29, 0.717) is 6.08 Å². The molecule has 0 amide bonds. The van der Waals surface area contributed by atoms with Gasteiger partial charge in [-0.3, -0.25) is 14.3 Å². The van der Waals surface area contributed by atoms with Crippen molar-refractivity contribution in [3.8, 4) is 0 Å². The second-order valence-electron chi connectivity index (χ2n) is 4.30. The first-order valence-corrected chi connectivity index (χ1v) is 5.75. The van der Waals surface area contributed by atoms with Gasteiger partial charge in [0.15, 0.2) is 0 Å². The summed E-state index contributed by atoms with van der Waals surface area (Å²) in [7, 11) is 0. The molecule has 0 bridgehead atoms. The fourth-order valence-electron chi connectivity index (χ4n) is 1.99. The minimum absolute atomic E-state index is 0.00155. The van der Waals surface area contributed by atoms with Gasteiger partial charge in [0.2, 0.25) is 0 Å². The summed E-state index contributed by atoms with van der Waals surface area (Å²) >= 11 is 0. The highest BCUT2D eigenvalue weighted by molar-refractivity contribution is 5.46. The van der Waals surface area contributed by atoms with Gasteiger partial charge in [0, 0.05) is 18.7 Å². The van der Waals surface area contributed by atoms with Crippen molar-refractivity contribution in [3.05, 3.63) is 38.7 Å². The lowest BCUT2D eigenvalue weighted by molar-refractivity contribution is -0.0459. The van der Waals surface area contributed by atoms with E-state index in [-0.39, 0.29) is 6.42 Å². The fraction of sp³-hybridized carbons (Fsp3) is 0.455. The van der Waals surface area contributed by atoms with E-state index in [1.54, 1.807) is 0 Å². The number of hydrogen-bond donors (Lipinski definition) is 3. The SMILES string of the molecule is O=c1[nH]c(=O)n([C@@H]2C[C@@H](O)[C@H](CO)O2)cc1C=C(F)F. The van der Waals surface area contributed by atoms with E-state index < -0.39 is 47.9 Å². The molecule has 0 aromatic carbocycles. The normalized spacial score (nSPS) is 25.7. The van der Waals surface area contributed by atoms with Crippen LogP contribution < -0.4 is 11.2 Å². The predicted octanol–water partition coefficient (Wildman–Crippen LogP) is -0.585. The Kier molecular flexibility index (Phi) is 4.12. The van der Waals surface area contributed by atoms with E-state index in [1.165, 1.54) is 0 Å². The van der Waals surface area contributed by atoms with Gasteiger partial charge in [-0.15, -0.1) is 0 Å². The number of nitrogens with zero attached hydrogens (tertiary/aromatic N) is 1. The van der Waals surface area contributed by atoms with Gasteiger partial charge in [0.25, 0.3) is 11.6 Å². The van der Waals surface area contributed by atoms with Crippen LogP contribution in [-0.4, -0.2) is 38.6 Å². The number of hydrogen-bond acceptors (Lipinski definition) is 5. The zero-order valence-corrected chi connectivity index (χ0v) is 10.1. The number of aromatic amines is 1. The third kappa shape index (κ3) is 2.84. The number of H-pyrrole nitrogens is 1. The summed E-state index contributed by atoms with van der Waals surface area (Å²) < 4.78 is 30.5. The first-order valence-electron chi connectivity index (χ1n) is 5.75. The van der Waals surface area contributed by atoms with Crippen LogP contribution in [-0.2, 0) is 4.74 Å². The lowest BCUT2D eigenvalue weighted by Crippen LogP contribution is -2.33. The molecule has 7 nitrogen and oxygen atoms in total. The number of halogens is 2. The van der Waals surface area contributed by atoms with Gasteiger partial charge in [-0.1, -0.05) is 0 Å². The highest BCUT2D eigenvalue weighted by Gasteiger charge is 2.35. The number of aromatic nitrogens is 2. The van der Waals surface area contributed by atoms with E-state index in [2.05, 4.69) is 0 Å². The van der Waals surface area contributed by atoms with Gasteiger partial charge < -0.3 is 14.9 Å². The smallest absolute Gasteiger partial charge is 0.330 e. The van der Waals surface area contributed by atoms with Gasteiger partial charge in [0.05, 0.1) is 18.3 Å². The Morgan fingerprint density at radius 2 is 2.25 bits per heavy atom. The Morgan fingerprint density at radius 1 is 1.55 bits per heavy atom. The van der Waals surface area contributed by atoms with Gasteiger partial charge in [-0.2, -0.15) is 8.78 Å². The maximum atomic E-state index is 12.2. The second-order valence-corrected chi connectivity index (χ2v) is 4.30. The summed E-state index contributed by atoms with van der Waals surface area (Å²) in [6.07, 6.45) is -3.63. The number of ether oxygens (including phenoxy) is 1. The fourth-order valence-corrected chi connectivity index (χ4v) is 1.99. The number of aliphatic hydroxyl groups is 2. The lowest BCUT2D eigenvalue weighted by atomic mass is 10.2. The Hall–Kier alpha value is -1.84. The molecule has 20 heavy (non-hydrogen) atoms. The summed E-state index contributed by atoms with van der Waals surface area (Å²) in [6.45, 7) is -0.443. The minimum Gasteiger partial charge on any atom is -0.394 e. The van der Waals surface area contributed by atoms with Crippen LogP contribution in [0, 0.1) is 0 Å². The molecule has 0 unspecified atom stereocenters. The Bertz CT molecular complexity index is 634. The molecule has 1 fully saturated rings. The molecule has 3 atom stereocenters. The van der Waals surface area contributed by atoms with Crippen LogP contribution in [0.5, 0.6) is 0 Å². The van der Waals surface area contributed by atoms with E-state index >= 15 is 0 Å². The first-order chi connectivity index (χ1) is 9.42. The van der Waals surface area contributed by atoms with Crippen LogP contribution in [0.2, 0.25) is 0 Å². The van der Waals surface area contributed by atoms with E-state index in [1.807, 2.05) is 4.98 Å². The molecule has 1 aromatic heterocycles. The Morgan fingerprint density at radius 3 is 2.80 bits per heavy atom. The van der Waals surface area contributed by atoms with Crippen molar-refractivity contribution >= 4 is 6.08 Å². The molecular formula is C11H12F2N2O5. The number of rotatable bonds is 3. The molecule has 110 valence electrons. The molecule has 3 N–H and O–H groups in total. The van der Waals surface area contributed by atoms with Crippen molar-refractivity contribution in [2.24, 2.45) is 0 Å². The molecule has 1 saturated heterocycles. The van der Waals surface area contributed by atoms with Crippen LogP contribution in [0.3, 0.4) is 0 Å². The standard InChI is InChI=1S/C11H12F2N2O5/c12-8(13)1-5-3-15(11(19)14-10(5)18)9-2-6(17)7(4-16)20-9/h1,3,6-7,9,16-17H,2,4H2,(H,14,18,19)/t6-,7+,9+/m1/s1. The zero-order chi connectivity index (χ0) is 14.9. The molecule has 2 rings (SSSR count). The molecule has 0 radical (unpaired) electrons.